The van der Waals surface area contributed by atoms with Crippen LogP contribution in [0.2, 0.25) is 0 Å². The quantitative estimate of drug-likeness (QED) is 0.780. The van der Waals surface area contributed by atoms with Crippen molar-refractivity contribution in [2.75, 3.05) is 5.32 Å². The first kappa shape index (κ1) is 17.6. The zero-order valence-electron chi connectivity index (χ0n) is 14.7. The second-order valence-electron chi connectivity index (χ2n) is 6.16. The molecule has 0 unspecified atom stereocenters. The second kappa shape index (κ2) is 6.95. The van der Waals surface area contributed by atoms with Gasteiger partial charge in [0, 0.05) is 11.3 Å². The van der Waals surface area contributed by atoms with Crippen molar-refractivity contribution in [3.05, 3.63) is 69.5 Å². The van der Waals surface area contributed by atoms with Crippen molar-refractivity contribution in [3.63, 3.8) is 0 Å². The van der Waals surface area contributed by atoms with Gasteiger partial charge >= 0.3 is 5.76 Å². The average Bonchev–Trinajstić information content (AvgIpc) is 2.92. The molecule has 26 heavy (non-hydrogen) atoms. The van der Waals surface area contributed by atoms with Gasteiger partial charge in [-0.25, -0.2) is 9.18 Å². The predicted octanol–water partition coefficient (Wildman–Crippen LogP) is 3.21. The van der Waals surface area contributed by atoms with Gasteiger partial charge in [-0.05, 0) is 56.2 Å². The van der Waals surface area contributed by atoms with Gasteiger partial charge in [0.25, 0.3) is 0 Å². The molecule has 0 atom stereocenters. The molecule has 3 aromatic rings. The Bertz CT molecular complexity index is 996. The van der Waals surface area contributed by atoms with Crippen molar-refractivity contribution in [3.8, 4) is 11.5 Å². The molecule has 1 amide bonds. The fourth-order valence-corrected chi connectivity index (χ4v) is 2.81. The van der Waals surface area contributed by atoms with Crippen molar-refractivity contribution in [1.82, 2.24) is 9.78 Å². The molecule has 0 saturated carbocycles. The summed E-state index contributed by atoms with van der Waals surface area (Å²) in [6.45, 7) is 5.52. The molecule has 0 fully saturated rings. The number of nitrogens with zero attached hydrogens (tertiary/aromatic N) is 2. The number of hydrogen-bond acceptors (Lipinski definition) is 4. The largest absolute Gasteiger partial charge is 0.437 e. The Morgan fingerprint density at radius 2 is 1.77 bits per heavy atom. The number of aryl methyl sites for hydroxylation is 3. The summed E-state index contributed by atoms with van der Waals surface area (Å²) >= 11 is 0. The van der Waals surface area contributed by atoms with E-state index in [0.717, 1.165) is 27.1 Å². The van der Waals surface area contributed by atoms with Gasteiger partial charge in [0.2, 0.25) is 11.8 Å². The van der Waals surface area contributed by atoms with Crippen LogP contribution in [0.25, 0.3) is 11.5 Å². The van der Waals surface area contributed by atoms with Gasteiger partial charge in [0.1, 0.15) is 12.4 Å². The Morgan fingerprint density at radius 1 is 1.15 bits per heavy atom. The summed E-state index contributed by atoms with van der Waals surface area (Å²) in [7, 11) is 0. The molecular formula is C19H18FN3O3. The lowest BCUT2D eigenvalue weighted by molar-refractivity contribution is -0.117. The molecule has 3 rings (SSSR count). The fraction of sp³-hybridized carbons (Fsp3) is 0.211. The molecule has 0 aliphatic rings. The maximum Gasteiger partial charge on any atom is 0.437 e. The molecule has 134 valence electrons. The molecular weight excluding hydrogens is 337 g/mol. The molecule has 0 radical (unpaired) electrons. The molecule has 7 heteroatoms. The van der Waals surface area contributed by atoms with Crippen molar-refractivity contribution in [1.29, 1.82) is 0 Å². The lowest BCUT2D eigenvalue weighted by atomic mass is 10.1. The monoisotopic (exact) mass is 355 g/mol. The first-order valence-electron chi connectivity index (χ1n) is 8.05. The molecule has 1 heterocycles. The molecule has 0 saturated heterocycles. The summed E-state index contributed by atoms with van der Waals surface area (Å²) in [5.74, 6) is -1.51. The number of benzene rings is 2. The average molecular weight is 355 g/mol. The maximum absolute atomic E-state index is 13.0. The number of carbonyl (C=O) groups is 1. The van der Waals surface area contributed by atoms with E-state index in [2.05, 4.69) is 10.4 Å². The molecule has 0 aliphatic heterocycles. The highest BCUT2D eigenvalue weighted by atomic mass is 19.1. The third kappa shape index (κ3) is 3.72. The smallest absolute Gasteiger partial charge is 0.388 e. The van der Waals surface area contributed by atoms with Crippen molar-refractivity contribution < 1.29 is 13.6 Å². The van der Waals surface area contributed by atoms with Crippen LogP contribution in [0.15, 0.2) is 45.6 Å². The van der Waals surface area contributed by atoms with E-state index in [1.165, 1.54) is 24.3 Å². The Morgan fingerprint density at radius 3 is 2.38 bits per heavy atom. The SMILES string of the molecule is Cc1cc(C)c(NC(=O)Cn2nc(-c3ccc(F)cc3)oc2=O)c(C)c1. The van der Waals surface area contributed by atoms with Crippen LogP contribution >= 0.6 is 0 Å². The molecule has 0 spiro atoms. The Labute approximate surface area is 149 Å². The van der Waals surface area contributed by atoms with Gasteiger partial charge < -0.3 is 9.73 Å². The minimum Gasteiger partial charge on any atom is -0.388 e. The second-order valence-corrected chi connectivity index (χ2v) is 6.16. The molecule has 2 aromatic carbocycles. The van der Waals surface area contributed by atoms with Crippen molar-refractivity contribution in [2.45, 2.75) is 27.3 Å². The highest BCUT2D eigenvalue weighted by Gasteiger charge is 2.15. The first-order valence-corrected chi connectivity index (χ1v) is 8.05. The van der Waals surface area contributed by atoms with Gasteiger partial charge in [-0.2, -0.15) is 4.68 Å². The molecule has 1 N–H and O–H groups in total. The number of amides is 1. The number of anilines is 1. The van der Waals surface area contributed by atoms with Gasteiger partial charge in [0.15, 0.2) is 0 Å². The number of aromatic nitrogens is 2. The molecule has 6 nitrogen and oxygen atoms in total. The van der Waals surface area contributed by atoms with E-state index in [1.54, 1.807) is 0 Å². The number of carbonyl (C=O) groups excluding carboxylic acids is 1. The van der Waals surface area contributed by atoms with Gasteiger partial charge in [-0.3, -0.25) is 4.79 Å². The van der Waals surface area contributed by atoms with E-state index < -0.39 is 11.6 Å². The highest BCUT2D eigenvalue weighted by molar-refractivity contribution is 5.92. The summed E-state index contributed by atoms with van der Waals surface area (Å²) in [6, 6.07) is 9.32. The van der Waals surface area contributed by atoms with E-state index >= 15 is 0 Å². The summed E-state index contributed by atoms with van der Waals surface area (Å²) in [4.78, 5) is 24.2. The van der Waals surface area contributed by atoms with E-state index in [9.17, 15) is 14.0 Å². The summed E-state index contributed by atoms with van der Waals surface area (Å²) in [5.41, 5.74) is 4.16. The predicted molar refractivity (Wildman–Crippen MR) is 95.4 cm³/mol. The lowest BCUT2D eigenvalue weighted by Crippen LogP contribution is -2.26. The standard InChI is InChI=1S/C19H18FN3O3/c1-11-8-12(2)17(13(3)9-11)21-16(24)10-23-19(25)26-18(22-23)14-4-6-15(20)7-5-14/h4-9H,10H2,1-3H3,(H,21,24). The van der Waals surface area contributed by atoms with Gasteiger partial charge in [0.05, 0.1) is 0 Å². The normalized spacial score (nSPS) is 10.8. The van der Waals surface area contributed by atoms with E-state index in [-0.39, 0.29) is 18.3 Å². The first-order chi connectivity index (χ1) is 12.3. The lowest BCUT2D eigenvalue weighted by Gasteiger charge is -2.12. The number of hydrogen-bond donors (Lipinski definition) is 1. The highest BCUT2D eigenvalue weighted by Crippen LogP contribution is 2.22. The fourth-order valence-electron chi connectivity index (χ4n) is 2.81. The third-order valence-electron chi connectivity index (χ3n) is 3.93. The minimum atomic E-state index is -0.753. The summed E-state index contributed by atoms with van der Waals surface area (Å²) < 4.78 is 19.0. The van der Waals surface area contributed by atoms with Gasteiger partial charge in [-0.15, -0.1) is 5.10 Å². The van der Waals surface area contributed by atoms with Crippen LogP contribution in [0.4, 0.5) is 10.1 Å². The van der Waals surface area contributed by atoms with E-state index in [1.807, 2.05) is 32.9 Å². The number of nitrogens with one attached hydrogen (secondary N) is 1. The van der Waals surface area contributed by atoms with Gasteiger partial charge in [-0.1, -0.05) is 17.7 Å². The number of rotatable bonds is 4. The zero-order chi connectivity index (χ0) is 18.8. The molecule has 0 aliphatic carbocycles. The van der Waals surface area contributed by atoms with Crippen LogP contribution in [0.5, 0.6) is 0 Å². The van der Waals surface area contributed by atoms with Crippen molar-refractivity contribution >= 4 is 11.6 Å². The number of halogens is 1. The van der Waals surface area contributed by atoms with Crippen LogP contribution in [0.3, 0.4) is 0 Å². The van der Waals surface area contributed by atoms with Crippen LogP contribution in [0.1, 0.15) is 16.7 Å². The Balaban J connectivity index is 1.78. The van der Waals surface area contributed by atoms with Crippen LogP contribution < -0.4 is 11.1 Å². The Hall–Kier alpha value is -3.22. The third-order valence-corrected chi connectivity index (χ3v) is 3.93. The maximum atomic E-state index is 13.0. The van der Waals surface area contributed by atoms with Crippen LogP contribution in [0, 0.1) is 26.6 Å². The van der Waals surface area contributed by atoms with Crippen LogP contribution in [-0.2, 0) is 11.3 Å². The minimum absolute atomic E-state index is 0.0329. The Kier molecular flexibility index (Phi) is 4.71. The molecule has 1 aromatic heterocycles. The topological polar surface area (TPSA) is 77.1 Å². The van der Waals surface area contributed by atoms with Crippen LogP contribution in [-0.4, -0.2) is 15.7 Å². The zero-order valence-corrected chi connectivity index (χ0v) is 14.7. The molecule has 0 bridgehead atoms. The summed E-state index contributed by atoms with van der Waals surface area (Å²) in [6.07, 6.45) is 0. The van der Waals surface area contributed by atoms with E-state index in [4.69, 9.17) is 4.42 Å². The summed E-state index contributed by atoms with van der Waals surface area (Å²) in [5, 5.41) is 6.81. The van der Waals surface area contributed by atoms with E-state index in [0.29, 0.717) is 5.56 Å². The van der Waals surface area contributed by atoms with Crippen molar-refractivity contribution in [2.24, 2.45) is 0 Å².